The van der Waals surface area contributed by atoms with Crippen molar-refractivity contribution in [2.45, 2.75) is 13.0 Å². The molecule has 0 spiro atoms. The molecule has 1 heterocycles. The maximum Gasteiger partial charge on any atom is 0.236 e. The Morgan fingerprint density at radius 2 is 1.88 bits per heavy atom. The van der Waals surface area contributed by atoms with Gasteiger partial charge in [0, 0.05) is 12.1 Å². The van der Waals surface area contributed by atoms with Gasteiger partial charge in [0.2, 0.25) is 17.6 Å². The molecule has 25 heavy (non-hydrogen) atoms. The lowest BCUT2D eigenvalue weighted by atomic mass is 10.2. The zero-order valence-corrected chi connectivity index (χ0v) is 13.5. The molecule has 6 nitrogen and oxygen atoms in total. The Morgan fingerprint density at radius 1 is 1.16 bits per heavy atom. The lowest BCUT2D eigenvalue weighted by Gasteiger charge is -2.03. The topological polar surface area (TPSA) is 77.2 Å². The van der Waals surface area contributed by atoms with Crippen LogP contribution in [0, 0.1) is 5.82 Å². The molecule has 0 radical (unpaired) electrons. The van der Waals surface area contributed by atoms with Crippen molar-refractivity contribution in [1.29, 1.82) is 0 Å². The molecule has 1 aromatic heterocycles. The molecule has 0 saturated carbocycles. The van der Waals surface area contributed by atoms with Crippen molar-refractivity contribution < 1.29 is 18.4 Å². The first-order valence-corrected chi connectivity index (χ1v) is 7.62. The van der Waals surface area contributed by atoms with Gasteiger partial charge in [-0.25, -0.2) is 4.39 Å². The second-order valence-corrected chi connectivity index (χ2v) is 5.32. The highest BCUT2D eigenvalue weighted by Crippen LogP contribution is 2.19. The second-order valence-electron chi connectivity index (χ2n) is 5.32. The molecule has 3 rings (SSSR count). The fourth-order valence-electron chi connectivity index (χ4n) is 2.19. The van der Waals surface area contributed by atoms with Gasteiger partial charge in [-0.15, -0.1) is 0 Å². The molecule has 7 heteroatoms. The van der Waals surface area contributed by atoms with Gasteiger partial charge in [-0.1, -0.05) is 17.3 Å². The first-order chi connectivity index (χ1) is 12.1. The van der Waals surface area contributed by atoms with E-state index in [0.29, 0.717) is 12.4 Å². The van der Waals surface area contributed by atoms with Crippen LogP contribution in [0.15, 0.2) is 53.1 Å². The number of halogens is 1. The zero-order valence-electron chi connectivity index (χ0n) is 13.5. The average molecular weight is 341 g/mol. The summed E-state index contributed by atoms with van der Waals surface area (Å²) in [6, 6.07) is 13.1. The van der Waals surface area contributed by atoms with Crippen molar-refractivity contribution in [2.24, 2.45) is 0 Å². The van der Waals surface area contributed by atoms with Crippen molar-refractivity contribution in [3.63, 3.8) is 0 Å². The maximum atomic E-state index is 12.8. The van der Waals surface area contributed by atoms with Gasteiger partial charge in [0.15, 0.2) is 0 Å². The molecule has 1 N–H and O–H groups in total. The molecule has 2 aromatic carbocycles. The van der Waals surface area contributed by atoms with Gasteiger partial charge in [-0.05, 0) is 42.0 Å². The average Bonchev–Trinajstić information content (AvgIpc) is 3.10. The van der Waals surface area contributed by atoms with Crippen molar-refractivity contribution in [3.8, 4) is 17.1 Å². The number of hydrogen-bond acceptors (Lipinski definition) is 5. The molecule has 0 aliphatic rings. The minimum atomic E-state index is -0.313. The van der Waals surface area contributed by atoms with Gasteiger partial charge in [-0.2, -0.15) is 4.98 Å². The van der Waals surface area contributed by atoms with E-state index in [1.165, 1.54) is 12.1 Å². The summed E-state index contributed by atoms with van der Waals surface area (Å²) in [6.45, 7) is 0.304. The fraction of sp³-hybridized carbons (Fsp3) is 0.167. The number of carbonyl (C=O) groups is 1. The maximum absolute atomic E-state index is 12.8. The van der Waals surface area contributed by atoms with Crippen LogP contribution < -0.4 is 10.1 Å². The van der Waals surface area contributed by atoms with Crippen LogP contribution in [0.5, 0.6) is 5.75 Å². The number of rotatable bonds is 6. The van der Waals surface area contributed by atoms with Crippen LogP contribution in [0.2, 0.25) is 0 Å². The van der Waals surface area contributed by atoms with Crippen LogP contribution >= 0.6 is 0 Å². The SMILES string of the molecule is COc1ccc(-c2noc(CC(=O)NCc3ccc(F)cc3)n2)cc1. The third kappa shape index (κ3) is 4.41. The smallest absolute Gasteiger partial charge is 0.236 e. The van der Waals surface area contributed by atoms with Gasteiger partial charge in [0.25, 0.3) is 0 Å². The number of nitrogens with zero attached hydrogens (tertiary/aromatic N) is 2. The van der Waals surface area contributed by atoms with Crippen molar-refractivity contribution >= 4 is 5.91 Å². The molecular weight excluding hydrogens is 325 g/mol. The second kappa shape index (κ2) is 7.57. The Hall–Kier alpha value is -3.22. The summed E-state index contributed by atoms with van der Waals surface area (Å²) in [5, 5.41) is 6.60. The van der Waals surface area contributed by atoms with E-state index in [1.807, 2.05) is 12.1 Å². The van der Waals surface area contributed by atoms with Crippen LogP contribution in [0.1, 0.15) is 11.5 Å². The number of nitrogens with one attached hydrogen (secondary N) is 1. The summed E-state index contributed by atoms with van der Waals surface area (Å²) in [7, 11) is 1.59. The van der Waals surface area contributed by atoms with Gasteiger partial charge in [0.1, 0.15) is 18.0 Å². The van der Waals surface area contributed by atoms with Crippen molar-refractivity contribution in [3.05, 3.63) is 65.8 Å². The summed E-state index contributed by atoms with van der Waals surface area (Å²) in [4.78, 5) is 16.2. The van der Waals surface area contributed by atoms with Gasteiger partial charge in [0.05, 0.1) is 7.11 Å². The lowest BCUT2D eigenvalue weighted by molar-refractivity contribution is -0.120. The molecule has 0 aliphatic heterocycles. The fourth-order valence-corrected chi connectivity index (χ4v) is 2.19. The highest BCUT2D eigenvalue weighted by molar-refractivity contribution is 5.77. The first kappa shape index (κ1) is 16.6. The predicted molar refractivity (Wildman–Crippen MR) is 88.2 cm³/mol. The quantitative estimate of drug-likeness (QED) is 0.746. The number of hydrogen-bond donors (Lipinski definition) is 1. The minimum Gasteiger partial charge on any atom is -0.497 e. The number of aromatic nitrogens is 2. The van der Waals surface area contributed by atoms with Crippen LogP contribution in [0.3, 0.4) is 0 Å². The Bertz CT molecular complexity index is 845. The van der Waals surface area contributed by atoms with E-state index in [-0.39, 0.29) is 24.0 Å². The number of ether oxygens (including phenoxy) is 1. The molecule has 0 fully saturated rings. The number of methoxy groups -OCH3 is 1. The van der Waals surface area contributed by atoms with Crippen molar-refractivity contribution in [1.82, 2.24) is 15.5 Å². The van der Waals surface area contributed by atoms with Crippen LogP contribution in [-0.2, 0) is 17.8 Å². The third-order valence-corrected chi connectivity index (χ3v) is 3.53. The molecule has 0 aliphatic carbocycles. The van der Waals surface area contributed by atoms with Gasteiger partial charge < -0.3 is 14.6 Å². The Labute approximate surface area is 143 Å². The predicted octanol–water partition coefficient (Wildman–Crippen LogP) is 2.74. The van der Waals surface area contributed by atoms with Crippen LogP contribution in [-0.4, -0.2) is 23.2 Å². The largest absolute Gasteiger partial charge is 0.497 e. The van der Waals surface area contributed by atoms with Crippen LogP contribution in [0.25, 0.3) is 11.4 Å². The van der Waals surface area contributed by atoms with E-state index in [0.717, 1.165) is 16.9 Å². The van der Waals surface area contributed by atoms with E-state index in [4.69, 9.17) is 9.26 Å². The number of amides is 1. The Kier molecular flexibility index (Phi) is 5.03. The minimum absolute atomic E-state index is 0.0235. The molecule has 3 aromatic rings. The van der Waals surface area contributed by atoms with Crippen LogP contribution in [0.4, 0.5) is 4.39 Å². The molecule has 0 atom stereocenters. The van der Waals surface area contributed by atoms with E-state index < -0.39 is 0 Å². The molecule has 1 amide bonds. The van der Waals surface area contributed by atoms with E-state index in [9.17, 15) is 9.18 Å². The zero-order chi connectivity index (χ0) is 17.6. The molecule has 0 unspecified atom stereocenters. The van der Waals surface area contributed by atoms with E-state index in [1.54, 1.807) is 31.4 Å². The normalized spacial score (nSPS) is 10.5. The monoisotopic (exact) mass is 341 g/mol. The standard InChI is InChI=1S/C18H16FN3O3/c1-24-15-8-4-13(5-9-15)18-21-17(25-22-18)10-16(23)20-11-12-2-6-14(19)7-3-12/h2-9H,10-11H2,1H3,(H,20,23). The van der Waals surface area contributed by atoms with Gasteiger partial charge >= 0.3 is 0 Å². The summed E-state index contributed by atoms with van der Waals surface area (Å²) < 4.78 is 23.0. The highest BCUT2D eigenvalue weighted by atomic mass is 19.1. The molecule has 128 valence electrons. The summed E-state index contributed by atoms with van der Waals surface area (Å²) in [5.74, 6) is 0.792. The summed E-state index contributed by atoms with van der Waals surface area (Å²) in [6.07, 6.45) is -0.0235. The lowest BCUT2D eigenvalue weighted by Crippen LogP contribution is -2.24. The van der Waals surface area contributed by atoms with E-state index >= 15 is 0 Å². The number of benzene rings is 2. The van der Waals surface area contributed by atoms with Gasteiger partial charge in [-0.3, -0.25) is 4.79 Å². The molecule has 0 bridgehead atoms. The number of carbonyl (C=O) groups excluding carboxylic acids is 1. The molecule has 0 saturated heterocycles. The Balaban J connectivity index is 1.56. The van der Waals surface area contributed by atoms with Crippen molar-refractivity contribution in [2.75, 3.05) is 7.11 Å². The highest BCUT2D eigenvalue weighted by Gasteiger charge is 2.12. The first-order valence-electron chi connectivity index (χ1n) is 7.62. The molecular formula is C18H16FN3O3. The summed E-state index contributed by atoms with van der Waals surface area (Å²) in [5.41, 5.74) is 1.57. The summed E-state index contributed by atoms with van der Waals surface area (Å²) >= 11 is 0. The Morgan fingerprint density at radius 3 is 2.56 bits per heavy atom. The third-order valence-electron chi connectivity index (χ3n) is 3.53. The van der Waals surface area contributed by atoms with E-state index in [2.05, 4.69) is 15.5 Å².